The minimum absolute atomic E-state index is 0.132. The molecule has 0 N–H and O–H groups in total. The second kappa shape index (κ2) is 4.39. The number of hydrogen-bond donors (Lipinski definition) is 0. The maximum atomic E-state index is 5.81. The van der Waals surface area contributed by atoms with E-state index in [1.54, 1.807) is 0 Å². The van der Waals surface area contributed by atoms with Crippen molar-refractivity contribution in [3.8, 4) is 0 Å². The highest BCUT2D eigenvalue weighted by Crippen LogP contribution is 2.28. The van der Waals surface area contributed by atoms with Crippen molar-refractivity contribution in [2.24, 2.45) is 0 Å². The molecule has 1 aliphatic heterocycles. The molecule has 1 heterocycles. The van der Waals surface area contributed by atoms with E-state index < -0.39 is 8.80 Å². The zero-order chi connectivity index (χ0) is 9.03. The van der Waals surface area contributed by atoms with E-state index in [9.17, 15) is 0 Å². The van der Waals surface area contributed by atoms with Crippen molar-refractivity contribution < 1.29 is 9.47 Å². The summed E-state index contributed by atoms with van der Waals surface area (Å²) in [5.41, 5.74) is -0.132. The van der Waals surface area contributed by atoms with E-state index in [0.29, 0.717) is 0 Å². The zero-order valence-electron chi connectivity index (χ0n) is 8.43. The molecular weight excluding hydrogens is 168 g/mol. The summed E-state index contributed by atoms with van der Waals surface area (Å²) in [6.45, 7) is 8.34. The Kier molecular flexibility index (Phi) is 3.74. The van der Waals surface area contributed by atoms with Crippen molar-refractivity contribution in [3.63, 3.8) is 0 Å². The molecule has 0 aromatic carbocycles. The Labute approximate surface area is 76.9 Å². The van der Waals surface area contributed by atoms with Crippen molar-refractivity contribution in [2.75, 3.05) is 13.2 Å². The molecule has 1 fully saturated rings. The number of hydrogen-bond acceptors (Lipinski definition) is 2. The van der Waals surface area contributed by atoms with Crippen LogP contribution in [0.25, 0.3) is 0 Å². The molecule has 0 saturated carbocycles. The minimum Gasteiger partial charge on any atom is -0.354 e. The fourth-order valence-corrected chi connectivity index (χ4v) is 3.50. The Bertz CT molecular complexity index is 125. The molecule has 0 bridgehead atoms. The molecule has 0 aromatic rings. The maximum absolute atomic E-state index is 5.81. The summed E-state index contributed by atoms with van der Waals surface area (Å²) in [4.78, 5) is 0. The summed E-state index contributed by atoms with van der Waals surface area (Å²) in [6, 6.07) is 0. The molecule has 1 rings (SSSR count). The van der Waals surface area contributed by atoms with Crippen LogP contribution in [0.1, 0.15) is 26.2 Å². The van der Waals surface area contributed by atoms with E-state index in [1.165, 1.54) is 12.8 Å². The first kappa shape index (κ1) is 10.2. The average molecular weight is 188 g/mol. The Morgan fingerprint density at radius 1 is 1.42 bits per heavy atom. The van der Waals surface area contributed by atoms with Gasteiger partial charge < -0.3 is 9.47 Å². The molecule has 0 spiro atoms. The molecule has 1 atom stereocenters. The predicted octanol–water partition coefficient (Wildman–Crippen LogP) is 1.95. The summed E-state index contributed by atoms with van der Waals surface area (Å²) in [5, 5.41) is 0. The van der Waals surface area contributed by atoms with Gasteiger partial charge in [0.1, 0.15) is 14.2 Å². The Balaban J connectivity index is 2.56. The van der Waals surface area contributed by atoms with Crippen LogP contribution in [0.3, 0.4) is 0 Å². The summed E-state index contributed by atoms with van der Waals surface area (Å²) in [6.07, 6.45) is 3.59. The van der Waals surface area contributed by atoms with Crippen LogP contribution in [0.4, 0.5) is 0 Å². The quantitative estimate of drug-likeness (QED) is 0.630. The smallest absolute Gasteiger partial charge is 0.147 e. The third-order valence-corrected chi connectivity index (χ3v) is 4.92. The maximum Gasteiger partial charge on any atom is 0.147 e. The summed E-state index contributed by atoms with van der Waals surface area (Å²) in [7, 11) is -0.850. The average Bonchev–Trinajstić information content (AvgIpc) is 2.06. The molecule has 1 unspecified atom stereocenters. The van der Waals surface area contributed by atoms with Crippen LogP contribution in [0, 0.1) is 0 Å². The summed E-state index contributed by atoms with van der Waals surface area (Å²) < 4.78 is 11.6. The molecule has 72 valence electrons. The first-order chi connectivity index (χ1) is 5.71. The van der Waals surface area contributed by atoms with Gasteiger partial charge in [0, 0.05) is 13.2 Å². The molecule has 1 saturated heterocycles. The molecule has 1 aliphatic rings. The molecule has 2 nitrogen and oxygen atoms in total. The number of ether oxygens (including phenoxy) is 2. The van der Waals surface area contributed by atoms with Gasteiger partial charge in [-0.25, -0.2) is 0 Å². The molecule has 3 heteroatoms. The topological polar surface area (TPSA) is 18.5 Å². The van der Waals surface area contributed by atoms with E-state index in [-0.39, 0.29) is 5.41 Å². The van der Waals surface area contributed by atoms with Crippen LogP contribution in [-0.4, -0.2) is 27.4 Å². The van der Waals surface area contributed by atoms with Gasteiger partial charge in [0.15, 0.2) is 0 Å². The Hall–Kier alpha value is 0.137. The fourth-order valence-electron chi connectivity index (χ4n) is 1.77. The largest absolute Gasteiger partial charge is 0.354 e. The summed E-state index contributed by atoms with van der Waals surface area (Å²) in [5.74, 6) is 0. The van der Waals surface area contributed by atoms with Crippen LogP contribution in [0.2, 0.25) is 13.1 Å². The molecule has 0 aliphatic carbocycles. The van der Waals surface area contributed by atoms with Gasteiger partial charge in [-0.05, 0) is 26.2 Å². The first-order valence-electron chi connectivity index (χ1n) is 4.99. The molecule has 0 amide bonds. The van der Waals surface area contributed by atoms with Gasteiger partial charge in [-0.1, -0.05) is 13.1 Å². The highest BCUT2D eigenvalue weighted by atomic mass is 28.3. The van der Waals surface area contributed by atoms with Crippen LogP contribution < -0.4 is 0 Å². The van der Waals surface area contributed by atoms with E-state index in [1.807, 2.05) is 0 Å². The summed E-state index contributed by atoms with van der Waals surface area (Å²) >= 11 is 0. The fraction of sp³-hybridized carbons (Fsp3) is 1.00. The number of rotatable bonds is 3. The second-order valence-electron chi connectivity index (χ2n) is 3.71. The van der Waals surface area contributed by atoms with Crippen molar-refractivity contribution in [2.45, 2.75) is 44.7 Å². The van der Waals surface area contributed by atoms with Crippen LogP contribution in [0.15, 0.2) is 0 Å². The minimum atomic E-state index is -0.850. The lowest BCUT2D eigenvalue weighted by Crippen LogP contribution is -2.49. The lowest BCUT2D eigenvalue weighted by Gasteiger charge is -2.39. The standard InChI is InChI=1S/C9H20O2Si/c1-4-10-9(12(2)3)7-5-6-8-11-9/h12H,4-8H2,1-3H3. The van der Waals surface area contributed by atoms with Gasteiger partial charge in [0.2, 0.25) is 0 Å². The van der Waals surface area contributed by atoms with Crippen LogP contribution in [0.5, 0.6) is 0 Å². The highest BCUT2D eigenvalue weighted by molar-refractivity contribution is 6.58. The third-order valence-electron chi connectivity index (χ3n) is 2.53. The van der Waals surface area contributed by atoms with E-state index in [0.717, 1.165) is 19.6 Å². The van der Waals surface area contributed by atoms with Gasteiger partial charge in [-0.2, -0.15) is 0 Å². The lowest BCUT2D eigenvalue weighted by molar-refractivity contribution is -0.200. The van der Waals surface area contributed by atoms with Gasteiger partial charge in [-0.15, -0.1) is 0 Å². The van der Waals surface area contributed by atoms with E-state index in [2.05, 4.69) is 20.0 Å². The lowest BCUT2D eigenvalue weighted by atomic mass is 10.2. The van der Waals surface area contributed by atoms with Crippen molar-refractivity contribution >= 4 is 8.80 Å². The van der Waals surface area contributed by atoms with E-state index >= 15 is 0 Å². The van der Waals surface area contributed by atoms with Crippen LogP contribution >= 0.6 is 0 Å². The van der Waals surface area contributed by atoms with Crippen molar-refractivity contribution in [1.29, 1.82) is 0 Å². The Morgan fingerprint density at radius 3 is 2.58 bits per heavy atom. The van der Waals surface area contributed by atoms with Gasteiger partial charge >= 0.3 is 0 Å². The Morgan fingerprint density at radius 2 is 2.17 bits per heavy atom. The van der Waals surface area contributed by atoms with Gasteiger partial charge in [0.05, 0.1) is 0 Å². The van der Waals surface area contributed by atoms with Crippen LogP contribution in [-0.2, 0) is 9.47 Å². The SMILES string of the molecule is CCOC1([SiH](C)C)CCCCO1. The van der Waals surface area contributed by atoms with Gasteiger partial charge in [0.25, 0.3) is 0 Å². The molecular formula is C9H20O2Si. The second-order valence-corrected chi connectivity index (χ2v) is 6.89. The van der Waals surface area contributed by atoms with E-state index in [4.69, 9.17) is 9.47 Å². The molecule has 0 radical (unpaired) electrons. The zero-order valence-corrected chi connectivity index (χ0v) is 9.58. The first-order valence-corrected chi connectivity index (χ1v) is 7.88. The van der Waals surface area contributed by atoms with Crippen molar-refractivity contribution in [3.05, 3.63) is 0 Å². The molecule has 0 aromatic heterocycles. The van der Waals surface area contributed by atoms with Crippen molar-refractivity contribution in [1.82, 2.24) is 0 Å². The third kappa shape index (κ3) is 2.09. The molecule has 12 heavy (non-hydrogen) atoms. The monoisotopic (exact) mass is 188 g/mol. The highest BCUT2D eigenvalue weighted by Gasteiger charge is 2.37. The normalized spacial score (nSPS) is 31.0. The van der Waals surface area contributed by atoms with Gasteiger partial charge in [-0.3, -0.25) is 0 Å². The predicted molar refractivity (Wildman–Crippen MR) is 53.0 cm³/mol.